The van der Waals surface area contributed by atoms with E-state index in [1.807, 2.05) is 13.2 Å². The molecule has 104 valence electrons. The first-order valence-electron chi connectivity index (χ1n) is 6.49. The lowest BCUT2D eigenvalue weighted by Gasteiger charge is -2.24. The van der Waals surface area contributed by atoms with Crippen molar-refractivity contribution >= 4 is 17.7 Å². The molecule has 1 aromatic rings. The second kappa shape index (κ2) is 6.39. The van der Waals surface area contributed by atoms with Crippen molar-refractivity contribution in [2.75, 3.05) is 18.6 Å². The Bertz CT molecular complexity index is 455. The minimum Gasteiger partial charge on any atom is -0.321 e. The topological polar surface area (TPSA) is 32.3 Å². The van der Waals surface area contributed by atoms with Gasteiger partial charge in [0.2, 0.25) is 5.91 Å². The Hall–Kier alpha value is -1.07. The molecule has 0 aliphatic carbocycles. The Labute approximate surface area is 117 Å². The molecule has 0 bridgehead atoms. The van der Waals surface area contributed by atoms with Gasteiger partial charge in [-0.1, -0.05) is 25.1 Å². The van der Waals surface area contributed by atoms with E-state index >= 15 is 0 Å². The van der Waals surface area contributed by atoms with Crippen LogP contribution in [0.1, 0.15) is 25.1 Å². The van der Waals surface area contributed by atoms with E-state index in [9.17, 15) is 9.18 Å². The van der Waals surface area contributed by atoms with E-state index in [-0.39, 0.29) is 23.9 Å². The van der Waals surface area contributed by atoms with Gasteiger partial charge in [-0.15, -0.1) is 0 Å². The number of thioether (sulfide) groups is 1. The van der Waals surface area contributed by atoms with Crippen molar-refractivity contribution in [3.63, 3.8) is 0 Å². The van der Waals surface area contributed by atoms with Crippen molar-refractivity contribution in [3.8, 4) is 0 Å². The molecule has 1 aliphatic heterocycles. The highest BCUT2D eigenvalue weighted by Gasteiger charge is 2.39. The number of carbonyl (C=O) groups is 1. The van der Waals surface area contributed by atoms with Crippen molar-refractivity contribution in [2.24, 2.45) is 0 Å². The number of nitrogens with one attached hydrogen (secondary N) is 1. The molecular weight excluding hydrogens is 263 g/mol. The lowest BCUT2D eigenvalue weighted by atomic mass is 10.1. The van der Waals surface area contributed by atoms with Crippen LogP contribution < -0.4 is 5.32 Å². The van der Waals surface area contributed by atoms with Crippen molar-refractivity contribution < 1.29 is 9.18 Å². The predicted molar refractivity (Wildman–Crippen MR) is 76.5 cm³/mol. The first-order chi connectivity index (χ1) is 9.19. The first kappa shape index (κ1) is 14.3. The summed E-state index contributed by atoms with van der Waals surface area (Å²) in [5.41, 5.74) is 0.549. The molecule has 5 heteroatoms. The van der Waals surface area contributed by atoms with Gasteiger partial charge in [0.15, 0.2) is 0 Å². The van der Waals surface area contributed by atoms with Crippen molar-refractivity contribution in [1.82, 2.24) is 10.2 Å². The van der Waals surface area contributed by atoms with Crippen LogP contribution in [0.25, 0.3) is 0 Å². The maximum atomic E-state index is 13.9. The maximum Gasteiger partial charge on any atom is 0.241 e. The zero-order chi connectivity index (χ0) is 13.8. The lowest BCUT2D eigenvalue weighted by molar-refractivity contribution is -0.129. The standard InChI is InChI=1S/C14H19FN2OS/c1-3-12-14(18)17(8-9-19-2)13(16-12)10-6-4-5-7-11(10)15/h4-7,12-13,16H,3,8-9H2,1-2H3. The van der Waals surface area contributed by atoms with Crippen LogP contribution in [0.2, 0.25) is 0 Å². The van der Waals surface area contributed by atoms with Gasteiger partial charge in [-0.05, 0) is 18.7 Å². The molecule has 0 radical (unpaired) electrons. The monoisotopic (exact) mass is 282 g/mol. The summed E-state index contributed by atoms with van der Waals surface area (Å²) in [4.78, 5) is 14.0. The summed E-state index contributed by atoms with van der Waals surface area (Å²) in [6.45, 7) is 2.61. The van der Waals surface area contributed by atoms with Crippen LogP contribution in [-0.4, -0.2) is 35.4 Å². The van der Waals surface area contributed by atoms with Crippen LogP contribution >= 0.6 is 11.8 Å². The Balaban J connectivity index is 2.26. The van der Waals surface area contributed by atoms with Gasteiger partial charge in [-0.3, -0.25) is 10.1 Å². The predicted octanol–water partition coefficient (Wildman–Crippen LogP) is 2.40. The number of hydrogen-bond donors (Lipinski definition) is 1. The van der Waals surface area contributed by atoms with E-state index in [1.165, 1.54) is 6.07 Å². The number of amides is 1. The molecule has 2 unspecified atom stereocenters. The van der Waals surface area contributed by atoms with Crippen LogP contribution in [-0.2, 0) is 4.79 Å². The third-order valence-corrected chi connectivity index (χ3v) is 3.99. The smallest absolute Gasteiger partial charge is 0.241 e. The van der Waals surface area contributed by atoms with Gasteiger partial charge in [0, 0.05) is 17.9 Å². The lowest BCUT2D eigenvalue weighted by Crippen LogP contribution is -2.33. The maximum absolute atomic E-state index is 13.9. The van der Waals surface area contributed by atoms with E-state index in [0.29, 0.717) is 12.1 Å². The van der Waals surface area contributed by atoms with E-state index in [1.54, 1.807) is 34.9 Å². The van der Waals surface area contributed by atoms with E-state index in [0.717, 1.165) is 12.2 Å². The highest BCUT2D eigenvalue weighted by Crippen LogP contribution is 2.28. The Morgan fingerprint density at radius 3 is 2.79 bits per heavy atom. The van der Waals surface area contributed by atoms with Gasteiger partial charge < -0.3 is 4.90 Å². The quantitative estimate of drug-likeness (QED) is 0.900. The number of benzene rings is 1. The Morgan fingerprint density at radius 1 is 1.42 bits per heavy atom. The molecule has 1 saturated heterocycles. The molecule has 2 atom stereocenters. The zero-order valence-corrected chi connectivity index (χ0v) is 12.0. The summed E-state index contributed by atoms with van der Waals surface area (Å²) in [6, 6.07) is 6.44. The summed E-state index contributed by atoms with van der Waals surface area (Å²) >= 11 is 1.69. The summed E-state index contributed by atoms with van der Waals surface area (Å²) in [6.07, 6.45) is 2.38. The molecule has 0 aromatic heterocycles. The number of hydrogen-bond acceptors (Lipinski definition) is 3. The summed E-state index contributed by atoms with van der Waals surface area (Å²) in [5, 5.41) is 3.23. The molecule has 1 heterocycles. The molecular formula is C14H19FN2OS. The van der Waals surface area contributed by atoms with E-state index < -0.39 is 0 Å². The third-order valence-electron chi connectivity index (χ3n) is 3.40. The summed E-state index contributed by atoms with van der Waals surface area (Å²) in [5.74, 6) is 0.665. The number of nitrogens with zero attached hydrogens (tertiary/aromatic N) is 1. The highest BCUT2D eigenvalue weighted by molar-refractivity contribution is 7.98. The molecule has 1 fully saturated rings. The molecule has 3 nitrogen and oxygen atoms in total. The minimum absolute atomic E-state index is 0.0739. The third kappa shape index (κ3) is 2.92. The fourth-order valence-corrected chi connectivity index (χ4v) is 2.73. The first-order valence-corrected chi connectivity index (χ1v) is 7.88. The average molecular weight is 282 g/mol. The number of carbonyl (C=O) groups excluding carboxylic acids is 1. The summed E-state index contributed by atoms with van der Waals surface area (Å²) in [7, 11) is 0. The number of halogens is 1. The van der Waals surface area contributed by atoms with E-state index in [2.05, 4.69) is 5.32 Å². The van der Waals surface area contributed by atoms with Gasteiger partial charge in [0.25, 0.3) is 0 Å². The molecule has 0 saturated carbocycles. The van der Waals surface area contributed by atoms with Crippen LogP contribution in [0.4, 0.5) is 4.39 Å². The zero-order valence-electron chi connectivity index (χ0n) is 11.2. The number of rotatable bonds is 5. The molecule has 1 aliphatic rings. The van der Waals surface area contributed by atoms with Crippen LogP contribution in [0.3, 0.4) is 0 Å². The fourth-order valence-electron chi connectivity index (χ4n) is 2.36. The Kier molecular flexibility index (Phi) is 4.82. The highest BCUT2D eigenvalue weighted by atomic mass is 32.2. The summed E-state index contributed by atoms with van der Waals surface area (Å²) < 4.78 is 13.9. The van der Waals surface area contributed by atoms with Crippen LogP contribution in [0.15, 0.2) is 24.3 Å². The Morgan fingerprint density at radius 2 is 2.16 bits per heavy atom. The van der Waals surface area contributed by atoms with E-state index in [4.69, 9.17) is 0 Å². The molecule has 1 aromatic carbocycles. The van der Waals surface area contributed by atoms with Crippen molar-refractivity contribution in [2.45, 2.75) is 25.6 Å². The normalized spacial score (nSPS) is 23.1. The van der Waals surface area contributed by atoms with Gasteiger partial charge in [-0.25, -0.2) is 4.39 Å². The molecule has 1 amide bonds. The van der Waals surface area contributed by atoms with Crippen LogP contribution in [0.5, 0.6) is 0 Å². The molecule has 1 N–H and O–H groups in total. The second-order valence-corrected chi connectivity index (χ2v) is 5.56. The van der Waals surface area contributed by atoms with Crippen LogP contribution in [0, 0.1) is 5.82 Å². The van der Waals surface area contributed by atoms with Crippen molar-refractivity contribution in [3.05, 3.63) is 35.6 Å². The molecule has 0 spiro atoms. The van der Waals surface area contributed by atoms with Gasteiger partial charge in [-0.2, -0.15) is 11.8 Å². The SMILES string of the molecule is CCC1NC(c2ccccc2F)N(CCSC)C1=O. The fraction of sp³-hybridized carbons (Fsp3) is 0.500. The van der Waals surface area contributed by atoms with Gasteiger partial charge in [0.1, 0.15) is 12.0 Å². The van der Waals surface area contributed by atoms with Gasteiger partial charge in [0.05, 0.1) is 6.04 Å². The van der Waals surface area contributed by atoms with Crippen molar-refractivity contribution in [1.29, 1.82) is 0 Å². The molecule has 2 rings (SSSR count). The minimum atomic E-state index is -0.342. The molecule has 19 heavy (non-hydrogen) atoms. The second-order valence-electron chi connectivity index (χ2n) is 4.58. The van der Waals surface area contributed by atoms with Gasteiger partial charge >= 0.3 is 0 Å². The average Bonchev–Trinajstić information content (AvgIpc) is 2.73. The largest absolute Gasteiger partial charge is 0.321 e.